The first-order valence-corrected chi connectivity index (χ1v) is 6.48. The molecule has 0 radical (unpaired) electrons. The maximum Gasteiger partial charge on any atom is 0.0619 e. The van der Waals surface area contributed by atoms with E-state index in [4.69, 9.17) is 4.74 Å². The van der Waals surface area contributed by atoms with E-state index in [1.807, 2.05) is 7.05 Å². The summed E-state index contributed by atoms with van der Waals surface area (Å²) in [4.78, 5) is 0. The zero-order valence-corrected chi connectivity index (χ0v) is 10.3. The van der Waals surface area contributed by atoms with Crippen LogP contribution in [0.25, 0.3) is 0 Å². The molecule has 84 valence electrons. The molecule has 1 N–H and O–H groups in total. The molecule has 0 aromatic carbocycles. The second kappa shape index (κ2) is 4.64. The average molecular weight is 225 g/mol. The van der Waals surface area contributed by atoms with Gasteiger partial charge in [-0.15, -0.1) is 0 Å². The lowest BCUT2D eigenvalue weighted by atomic mass is 9.76. The fourth-order valence-electron chi connectivity index (χ4n) is 2.50. The average Bonchev–Trinajstić information content (AvgIpc) is 2.80. The Bertz CT molecular complexity index is 299. The van der Waals surface area contributed by atoms with Crippen LogP contribution in [0.1, 0.15) is 18.9 Å². The van der Waals surface area contributed by atoms with E-state index in [9.17, 15) is 0 Å². The van der Waals surface area contributed by atoms with Crippen molar-refractivity contribution in [2.75, 3.05) is 20.2 Å². The summed E-state index contributed by atoms with van der Waals surface area (Å²) >= 11 is 1.78. The van der Waals surface area contributed by atoms with Crippen molar-refractivity contribution in [1.29, 1.82) is 0 Å². The Kier molecular flexibility index (Phi) is 3.44. The van der Waals surface area contributed by atoms with E-state index >= 15 is 0 Å². The summed E-state index contributed by atoms with van der Waals surface area (Å²) < 4.78 is 5.73. The Morgan fingerprint density at radius 3 is 3.07 bits per heavy atom. The molecule has 0 bridgehead atoms. The highest BCUT2D eigenvalue weighted by molar-refractivity contribution is 7.07. The molecule has 15 heavy (non-hydrogen) atoms. The van der Waals surface area contributed by atoms with Gasteiger partial charge >= 0.3 is 0 Å². The molecule has 1 aliphatic heterocycles. The van der Waals surface area contributed by atoms with E-state index in [-0.39, 0.29) is 0 Å². The molecule has 1 aliphatic rings. The summed E-state index contributed by atoms with van der Waals surface area (Å²) in [5.41, 5.74) is 1.75. The van der Waals surface area contributed by atoms with Gasteiger partial charge in [-0.1, -0.05) is 0 Å². The molecular formula is C12H19NOS. The minimum atomic E-state index is 0.301. The third-order valence-corrected chi connectivity index (χ3v) is 4.23. The first kappa shape index (κ1) is 11.1. The Morgan fingerprint density at radius 1 is 1.67 bits per heavy atom. The van der Waals surface area contributed by atoms with Gasteiger partial charge in [0, 0.05) is 18.6 Å². The van der Waals surface area contributed by atoms with E-state index in [0.717, 1.165) is 19.6 Å². The predicted molar refractivity (Wildman–Crippen MR) is 64.4 cm³/mol. The number of rotatable bonds is 4. The van der Waals surface area contributed by atoms with Crippen molar-refractivity contribution in [3.8, 4) is 0 Å². The van der Waals surface area contributed by atoms with Crippen molar-refractivity contribution in [2.45, 2.75) is 25.9 Å². The van der Waals surface area contributed by atoms with Crippen LogP contribution in [0.5, 0.6) is 0 Å². The molecular weight excluding hydrogens is 206 g/mol. The van der Waals surface area contributed by atoms with E-state index < -0.39 is 0 Å². The van der Waals surface area contributed by atoms with Gasteiger partial charge in [-0.3, -0.25) is 0 Å². The topological polar surface area (TPSA) is 21.3 Å². The number of ether oxygens (including phenoxy) is 1. The lowest BCUT2D eigenvalue weighted by Crippen LogP contribution is -2.40. The first-order chi connectivity index (χ1) is 7.27. The van der Waals surface area contributed by atoms with Crippen LogP contribution >= 0.6 is 11.3 Å². The van der Waals surface area contributed by atoms with Crippen molar-refractivity contribution in [3.63, 3.8) is 0 Å². The number of hydrogen-bond donors (Lipinski definition) is 1. The first-order valence-electron chi connectivity index (χ1n) is 5.54. The highest BCUT2D eigenvalue weighted by atomic mass is 32.1. The molecule has 1 fully saturated rings. The van der Waals surface area contributed by atoms with Crippen LogP contribution in [0.3, 0.4) is 0 Å². The van der Waals surface area contributed by atoms with Gasteiger partial charge in [-0.05, 0) is 49.2 Å². The standard InChI is InChI=1S/C12H19NOS/c1-10-12(9-13-2,4-5-14-10)7-11-3-6-15-8-11/h3,6,8,10,13H,4-5,7,9H2,1-2H3. The van der Waals surface area contributed by atoms with Crippen molar-refractivity contribution in [2.24, 2.45) is 5.41 Å². The molecule has 1 aromatic rings. The number of nitrogens with one attached hydrogen (secondary N) is 1. The SMILES string of the molecule is CNCC1(Cc2ccsc2)CCOC1C. The maximum atomic E-state index is 5.73. The van der Waals surface area contributed by atoms with Gasteiger partial charge in [-0.25, -0.2) is 0 Å². The molecule has 2 unspecified atom stereocenters. The van der Waals surface area contributed by atoms with Crippen LogP contribution in [0.4, 0.5) is 0 Å². The van der Waals surface area contributed by atoms with Crippen LogP contribution in [0, 0.1) is 5.41 Å². The number of hydrogen-bond acceptors (Lipinski definition) is 3. The van der Waals surface area contributed by atoms with E-state index in [2.05, 4.69) is 29.1 Å². The smallest absolute Gasteiger partial charge is 0.0619 e. The van der Waals surface area contributed by atoms with Gasteiger partial charge in [-0.2, -0.15) is 11.3 Å². The quantitative estimate of drug-likeness (QED) is 0.849. The Labute approximate surface area is 95.6 Å². The third-order valence-electron chi connectivity index (χ3n) is 3.50. The second-order valence-corrected chi connectivity index (χ2v) is 5.24. The molecule has 0 spiro atoms. The molecule has 1 aromatic heterocycles. The predicted octanol–water partition coefficient (Wildman–Crippen LogP) is 2.31. The molecule has 0 saturated carbocycles. The fraction of sp³-hybridized carbons (Fsp3) is 0.667. The zero-order chi connectivity index (χ0) is 10.7. The summed E-state index contributed by atoms with van der Waals surface area (Å²) in [6.07, 6.45) is 2.67. The van der Waals surface area contributed by atoms with Crippen LogP contribution in [-0.2, 0) is 11.2 Å². The van der Waals surface area contributed by atoms with E-state index in [0.29, 0.717) is 11.5 Å². The second-order valence-electron chi connectivity index (χ2n) is 4.46. The Hall–Kier alpha value is -0.380. The third kappa shape index (κ3) is 2.25. The minimum absolute atomic E-state index is 0.301. The van der Waals surface area contributed by atoms with Crippen molar-refractivity contribution >= 4 is 11.3 Å². The van der Waals surface area contributed by atoms with E-state index in [1.54, 1.807) is 11.3 Å². The Balaban J connectivity index is 2.12. The highest BCUT2D eigenvalue weighted by Crippen LogP contribution is 2.38. The van der Waals surface area contributed by atoms with Gasteiger partial charge < -0.3 is 10.1 Å². The van der Waals surface area contributed by atoms with E-state index in [1.165, 1.54) is 12.0 Å². The van der Waals surface area contributed by atoms with Gasteiger partial charge in [0.15, 0.2) is 0 Å². The highest BCUT2D eigenvalue weighted by Gasteiger charge is 2.40. The minimum Gasteiger partial charge on any atom is -0.378 e. The summed E-state index contributed by atoms with van der Waals surface area (Å²) in [5, 5.41) is 7.72. The summed E-state index contributed by atoms with van der Waals surface area (Å²) in [6.45, 7) is 4.16. The molecule has 1 saturated heterocycles. The van der Waals surface area contributed by atoms with Crippen LogP contribution in [0.2, 0.25) is 0 Å². The largest absolute Gasteiger partial charge is 0.378 e. The fourth-order valence-corrected chi connectivity index (χ4v) is 3.17. The molecule has 2 heterocycles. The van der Waals surface area contributed by atoms with Crippen LogP contribution < -0.4 is 5.32 Å². The molecule has 2 atom stereocenters. The summed E-state index contributed by atoms with van der Waals surface area (Å²) in [5.74, 6) is 0. The van der Waals surface area contributed by atoms with Gasteiger partial charge in [0.1, 0.15) is 0 Å². The van der Waals surface area contributed by atoms with Gasteiger partial charge in [0.25, 0.3) is 0 Å². The van der Waals surface area contributed by atoms with Gasteiger partial charge in [0.05, 0.1) is 6.10 Å². The molecule has 0 aliphatic carbocycles. The lowest BCUT2D eigenvalue weighted by Gasteiger charge is -2.31. The zero-order valence-electron chi connectivity index (χ0n) is 9.45. The normalized spacial score (nSPS) is 30.9. The monoisotopic (exact) mass is 225 g/mol. The van der Waals surface area contributed by atoms with Crippen LogP contribution in [0.15, 0.2) is 16.8 Å². The lowest BCUT2D eigenvalue weighted by molar-refractivity contribution is 0.0640. The number of thiophene rings is 1. The van der Waals surface area contributed by atoms with Gasteiger partial charge in [0.2, 0.25) is 0 Å². The Morgan fingerprint density at radius 2 is 2.53 bits per heavy atom. The summed E-state index contributed by atoms with van der Waals surface area (Å²) in [7, 11) is 2.03. The molecule has 0 amide bonds. The molecule has 3 heteroatoms. The van der Waals surface area contributed by atoms with Crippen LogP contribution in [-0.4, -0.2) is 26.3 Å². The maximum absolute atomic E-state index is 5.73. The van der Waals surface area contributed by atoms with Crippen molar-refractivity contribution in [3.05, 3.63) is 22.4 Å². The van der Waals surface area contributed by atoms with Crippen molar-refractivity contribution in [1.82, 2.24) is 5.32 Å². The van der Waals surface area contributed by atoms with Crippen molar-refractivity contribution < 1.29 is 4.74 Å². The molecule has 2 nitrogen and oxygen atoms in total. The summed E-state index contributed by atoms with van der Waals surface area (Å²) in [6, 6.07) is 2.23. The molecule has 2 rings (SSSR count).